The number of nitrogens with zero attached hydrogens (tertiary/aromatic N) is 3. The second-order valence-electron chi connectivity index (χ2n) is 6.63. The minimum atomic E-state index is -3.29. The molecular formula is C15H24N4O4S. The highest BCUT2D eigenvalue weighted by Crippen LogP contribution is 2.26. The van der Waals surface area contributed by atoms with Gasteiger partial charge < -0.3 is 5.32 Å². The Balaban J connectivity index is 2.09. The number of rotatable bonds is 5. The van der Waals surface area contributed by atoms with Crippen LogP contribution in [-0.2, 0) is 21.4 Å². The van der Waals surface area contributed by atoms with Gasteiger partial charge in [-0.15, -0.1) is 0 Å². The summed E-state index contributed by atoms with van der Waals surface area (Å²) in [7, 11) is -3.29. The van der Waals surface area contributed by atoms with Gasteiger partial charge in [0.2, 0.25) is 15.9 Å². The molecule has 1 amide bonds. The molecule has 1 fully saturated rings. The van der Waals surface area contributed by atoms with E-state index < -0.39 is 10.0 Å². The van der Waals surface area contributed by atoms with Crippen molar-refractivity contribution >= 4 is 15.9 Å². The maximum Gasteiger partial charge on any atom is 0.267 e. The van der Waals surface area contributed by atoms with Crippen LogP contribution >= 0.6 is 0 Å². The van der Waals surface area contributed by atoms with Gasteiger partial charge in [-0.05, 0) is 24.8 Å². The summed E-state index contributed by atoms with van der Waals surface area (Å²) in [5, 5.41) is 6.90. The molecule has 0 bridgehead atoms. The molecule has 1 aliphatic heterocycles. The van der Waals surface area contributed by atoms with Gasteiger partial charge in [-0.1, -0.05) is 13.8 Å². The average Bonchev–Trinajstić information content (AvgIpc) is 2.87. The van der Waals surface area contributed by atoms with Crippen LogP contribution in [0, 0.1) is 18.8 Å². The highest BCUT2D eigenvalue weighted by atomic mass is 32.2. The lowest BCUT2D eigenvalue weighted by atomic mass is 9.91. The molecule has 0 aliphatic carbocycles. The van der Waals surface area contributed by atoms with Crippen LogP contribution in [-0.4, -0.2) is 53.8 Å². The molecule has 0 unspecified atom stereocenters. The van der Waals surface area contributed by atoms with Crippen LogP contribution in [0.1, 0.15) is 19.5 Å². The van der Waals surface area contributed by atoms with E-state index in [1.54, 1.807) is 13.0 Å². The number of carbonyl (C=O) groups excluding carboxylic acids is 1. The van der Waals surface area contributed by atoms with Crippen LogP contribution in [0.15, 0.2) is 16.9 Å². The molecule has 2 atom stereocenters. The number of aromatic nitrogens is 2. The molecular weight excluding hydrogens is 332 g/mol. The molecule has 0 aromatic carbocycles. The summed E-state index contributed by atoms with van der Waals surface area (Å²) in [5.41, 5.74) is 0.298. The summed E-state index contributed by atoms with van der Waals surface area (Å²) in [6.07, 6.45) is 1.17. The SMILES string of the molecule is Cc1ccc(=O)n(CC(=O)N[C@@H]2CN(S(C)(=O)=O)C[C@H]2C(C)C)n1. The number of aryl methyl sites for hydroxylation is 1. The quantitative estimate of drug-likeness (QED) is 0.772. The Hall–Kier alpha value is -1.74. The molecule has 8 nitrogen and oxygen atoms in total. The largest absolute Gasteiger partial charge is 0.350 e. The first-order valence-corrected chi connectivity index (χ1v) is 9.72. The van der Waals surface area contributed by atoms with E-state index in [9.17, 15) is 18.0 Å². The summed E-state index contributed by atoms with van der Waals surface area (Å²) >= 11 is 0. The first-order chi connectivity index (χ1) is 11.1. The third kappa shape index (κ3) is 4.41. The van der Waals surface area contributed by atoms with Crippen LogP contribution < -0.4 is 10.9 Å². The van der Waals surface area contributed by atoms with Crippen LogP contribution in [0.25, 0.3) is 0 Å². The van der Waals surface area contributed by atoms with Crippen LogP contribution in [0.3, 0.4) is 0 Å². The Kier molecular flexibility index (Phi) is 5.44. The second-order valence-corrected chi connectivity index (χ2v) is 8.61. The van der Waals surface area contributed by atoms with E-state index in [2.05, 4.69) is 10.4 Å². The van der Waals surface area contributed by atoms with Crippen molar-refractivity contribution in [2.45, 2.75) is 33.4 Å². The molecule has 0 saturated carbocycles. The fourth-order valence-electron chi connectivity index (χ4n) is 2.94. The third-order valence-electron chi connectivity index (χ3n) is 4.30. The molecule has 24 heavy (non-hydrogen) atoms. The highest BCUT2D eigenvalue weighted by Gasteiger charge is 2.39. The van der Waals surface area contributed by atoms with Gasteiger partial charge in [0.25, 0.3) is 5.56 Å². The normalized spacial score (nSPS) is 22.0. The average molecular weight is 356 g/mol. The zero-order chi connectivity index (χ0) is 18.1. The Bertz CT molecular complexity index is 772. The maximum absolute atomic E-state index is 12.3. The van der Waals surface area contributed by atoms with Gasteiger partial charge in [-0.3, -0.25) is 9.59 Å². The summed E-state index contributed by atoms with van der Waals surface area (Å²) in [6.45, 7) is 6.21. The molecule has 1 N–H and O–H groups in total. The van der Waals surface area contributed by atoms with E-state index in [-0.39, 0.29) is 42.4 Å². The van der Waals surface area contributed by atoms with Crippen molar-refractivity contribution in [1.82, 2.24) is 19.4 Å². The van der Waals surface area contributed by atoms with Gasteiger partial charge in [-0.25, -0.2) is 13.1 Å². The van der Waals surface area contributed by atoms with Crippen molar-refractivity contribution in [3.63, 3.8) is 0 Å². The van der Waals surface area contributed by atoms with E-state index in [0.29, 0.717) is 12.2 Å². The number of sulfonamides is 1. The van der Waals surface area contributed by atoms with Crippen LogP contribution in [0.2, 0.25) is 0 Å². The summed E-state index contributed by atoms with van der Waals surface area (Å²) in [6, 6.07) is 2.69. The predicted octanol–water partition coefficient (Wildman–Crippen LogP) is -0.416. The molecule has 1 saturated heterocycles. The van der Waals surface area contributed by atoms with Gasteiger partial charge >= 0.3 is 0 Å². The Morgan fingerprint density at radius 3 is 2.62 bits per heavy atom. The molecule has 1 aromatic heterocycles. The molecule has 0 radical (unpaired) electrons. The summed E-state index contributed by atoms with van der Waals surface area (Å²) < 4.78 is 26.0. The predicted molar refractivity (Wildman–Crippen MR) is 89.9 cm³/mol. The van der Waals surface area contributed by atoms with E-state index in [4.69, 9.17) is 0 Å². The standard InChI is InChI=1S/C15H24N4O4S/c1-10(2)12-7-18(24(4,22)23)8-13(12)16-14(20)9-19-15(21)6-5-11(3)17-19/h5-6,10,12-13H,7-9H2,1-4H3,(H,16,20)/t12-,13+/m0/s1. The van der Waals surface area contributed by atoms with Gasteiger partial charge in [0.1, 0.15) is 6.54 Å². The number of hydrogen-bond acceptors (Lipinski definition) is 5. The minimum absolute atomic E-state index is 0.0332. The summed E-state index contributed by atoms with van der Waals surface area (Å²) in [4.78, 5) is 24.0. The fraction of sp³-hybridized carbons (Fsp3) is 0.667. The highest BCUT2D eigenvalue weighted by molar-refractivity contribution is 7.88. The molecule has 1 aliphatic rings. The molecule has 9 heteroatoms. The number of hydrogen-bond donors (Lipinski definition) is 1. The molecule has 1 aromatic rings. The van der Waals surface area contributed by atoms with Gasteiger partial charge in [0, 0.05) is 25.2 Å². The number of nitrogens with one attached hydrogen (secondary N) is 1. The van der Waals surface area contributed by atoms with Gasteiger partial charge in [-0.2, -0.15) is 9.40 Å². The lowest BCUT2D eigenvalue weighted by Crippen LogP contribution is -2.44. The van der Waals surface area contributed by atoms with E-state index >= 15 is 0 Å². The molecule has 2 rings (SSSR count). The monoisotopic (exact) mass is 356 g/mol. The zero-order valence-electron chi connectivity index (χ0n) is 14.4. The van der Waals surface area contributed by atoms with Gasteiger partial charge in [0.15, 0.2) is 0 Å². The van der Waals surface area contributed by atoms with Crippen molar-refractivity contribution in [1.29, 1.82) is 0 Å². The van der Waals surface area contributed by atoms with Crippen molar-refractivity contribution < 1.29 is 13.2 Å². The van der Waals surface area contributed by atoms with Crippen molar-refractivity contribution in [2.75, 3.05) is 19.3 Å². The third-order valence-corrected chi connectivity index (χ3v) is 5.53. The second kappa shape index (κ2) is 7.02. The topological polar surface area (TPSA) is 101 Å². The van der Waals surface area contributed by atoms with Crippen LogP contribution in [0.5, 0.6) is 0 Å². The van der Waals surface area contributed by atoms with Crippen molar-refractivity contribution in [3.8, 4) is 0 Å². The van der Waals surface area contributed by atoms with E-state index in [1.165, 1.54) is 16.6 Å². The number of carbonyl (C=O) groups is 1. The number of amides is 1. The Morgan fingerprint density at radius 2 is 2.04 bits per heavy atom. The first kappa shape index (κ1) is 18.6. The minimum Gasteiger partial charge on any atom is -0.350 e. The van der Waals surface area contributed by atoms with Crippen LogP contribution in [0.4, 0.5) is 0 Å². The van der Waals surface area contributed by atoms with Gasteiger partial charge in [0.05, 0.1) is 11.9 Å². The Morgan fingerprint density at radius 1 is 1.38 bits per heavy atom. The zero-order valence-corrected chi connectivity index (χ0v) is 15.2. The van der Waals surface area contributed by atoms with Crippen molar-refractivity contribution in [2.24, 2.45) is 11.8 Å². The fourth-order valence-corrected chi connectivity index (χ4v) is 3.82. The first-order valence-electron chi connectivity index (χ1n) is 7.87. The summed E-state index contributed by atoms with van der Waals surface area (Å²) in [5.74, 6) is -0.0890. The lowest BCUT2D eigenvalue weighted by Gasteiger charge is -2.22. The van der Waals surface area contributed by atoms with E-state index in [0.717, 1.165) is 4.68 Å². The van der Waals surface area contributed by atoms with Crippen molar-refractivity contribution in [3.05, 3.63) is 28.2 Å². The lowest BCUT2D eigenvalue weighted by molar-refractivity contribution is -0.122. The van der Waals surface area contributed by atoms with E-state index in [1.807, 2.05) is 13.8 Å². The maximum atomic E-state index is 12.3. The smallest absolute Gasteiger partial charge is 0.267 e. The molecule has 0 spiro atoms. The molecule has 134 valence electrons. The molecule has 2 heterocycles. The Labute approximate surface area is 141 Å².